The predicted octanol–water partition coefficient (Wildman–Crippen LogP) is 3.67. The highest BCUT2D eigenvalue weighted by Crippen LogP contribution is 2.19. The van der Waals surface area contributed by atoms with Crippen LogP contribution in [0.1, 0.15) is 36.5 Å². The van der Waals surface area contributed by atoms with Gasteiger partial charge in [0.15, 0.2) is 4.80 Å². The van der Waals surface area contributed by atoms with Crippen LogP contribution in [0.2, 0.25) is 0 Å². The lowest BCUT2D eigenvalue weighted by Gasteiger charge is -2.20. The molecule has 170 valence electrons. The molecule has 2 aromatic carbocycles. The van der Waals surface area contributed by atoms with Gasteiger partial charge in [-0.3, -0.25) is 4.79 Å². The zero-order valence-electron chi connectivity index (χ0n) is 18.1. The molecule has 0 saturated carbocycles. The molecule has 0 spiro atoms. The van der Waals surface area contributed by atoms with Crippen molar-refractivity contribution in [3.05, 3.63) is 58.9 Å². The molecule has 33 heavy (non-hydrogen) atoms. The molecule has 0 bridgehead atoms. The van der Waals surface area contributed by atoms with E-state index >= 15 is 0 Å². The first-order valence-corrected chi connectivity index (χ1v) is 12.7. The summed E-state index contributed by atoms with van der Waals surface area (Å²) in [6, 6.07) is 17.3. The second kappa shape index (κ2) is 11.0. The molecular formula is C23H23N5O3S2. The van der Waals surface area contributed by atoms with Gasteiger partial charge in [0.2, 0.25) is 10.0 Å². The van der Waals surface area contributed by atoms with Crippen molar-refractivity contribution in [3.8, 4) is 12.1 Å². The summed E-state index contributed by atoms with van der Waals surface area (Å²) in [5, 5.41) is 17.6. The normalized spacial score (nSPS) is 12.1. The lowest BCUT2D eigenvalue weighted by molar-refractivity contribution is 0.0997. The fourth-order valence-corrected chi connectivity index (χ4v) is 5.81. The molecule has 0 atom stereocenters. The average Bonchev–Trinajstić information content (AvgIpc) is 3.16. The van der Waals surface area contributed by atoms with Gasteiger partial charge in [0.1, 0.15) is 0 Å². The standard InChI is InChI=1S/C23H23N5O3S2/c1-2-15-28-20-7-3-4-8-21(20)32-23(28)26-22(29)18-9-11-19(12-10-18)33(30,31)27(16-5-13-24)17-6-14-25/h3-4,7-12H,2,5-6,15-17H2,1H3. The van der Waals surface area contributed by atoms with E-state index in [1.165, 1.54) is 35.6 Å². The summed E-state index contributed by atoms with van der Waals surface area (Å²) in [6.07, 6.45) is 0.933. The summed E-state index contributed by atoms with van der Waals surface area (Å²) in [7, 11) is -3.89. The van der Waals surface area contributed by atoms with Gasteiger partial charge in [0.05, 0.1) is 27.3 Å². The Labute approximate surface area is 196 Å². The van der Waals surface area contributed by atoms with Crippen molar-refractivity contribution in [2.75, 3.05) is 13.1 Å². The van der Waals surface area contributed by atoms with Gasteiger partial charge < -0.3 is 4.57 Å². The number of aryl methyl sites for hydroxylation is 1. The molecule has 3 rings (SSSR count). The number of fused-ring (bicyclic) bond motifs is 1. The Kier molecular flexibility index (Phi) is 8.12. The molecule has 8 nitrogen and oxygen atoms in total. The number of amides is 1. The quantitative estimate of drug-likeness (QED) is 0.462. The Morgan fingerprint density at radius 3 is 2.30 bits per heavy atom. The number of rotatable bonds is 9. The molecule has 0 aliphatic rings. The number of thiazole rings is 1. The Bertz CT molecular complexity index is 1370. The third kappa shape index (κ3) is 5.55. The Balaban J connectivity index is 1.90. The van der Waals surface area contributed by atoms with Crippen LogP contribution in [0.3, 0.4) is 0 Å². The van der Waals surface area contributed by atoms with E-state index in [2.05, 4.69) is 11.9 Å². The number of nitriles is 2. The van der Waals surface area contributed by atoms with Crippen molar-refractivity contribution in [3.63, 3.8) is 0 Å². The van der Waals surface area contributed by atoms with Crippen molar-refractivity contribution in [1.82, 2.24) is 8.87 Å². The minimum atomic E-state index is -3.89. The smallest absolute Gasteiger partial charge is 0.279 e. The van der Waals surface area contributed by atoms with Gasteiger partial charge >= 0.3 is 0 Å². The van der Waals surface area contributed by atoms with Crippen molar-refractivity contribution in [2.45, 2.75) is 37.6 Å². The highest BCUT2D eigenvalue weighted by Gasteiger charge is 2.24. The van der Waals surface area contributed by atoms with Crippen LogP contribution >= 0.6 is 11.3 Å². The summed E-state index contributed by atoms with van der Waals surface area (Å²) in [5.41, 5.74) is 1.29. The summed E-state index contributed by atoms with van der Waals surface area (Å²) in [4.78, 5) is 17.7. The highest BCUT2D eigenvalue weighted by molar-refractivity contribution is 7.89. The first kappa shape index (κ1) is 24.3. The number of carbonyl (C=O) groups excluding carboxylic acids is 1. The van der Waals surface area contributed by atoms with Gasteiger partial charge in [0.25, 0.3) is 5.91 Å². The number of para-hydroxylation sites is 1. The van der Waals surface area contributed by atoms with Gasteiger partial charge in [-0.1, -0.05) is 30.4 Å². The van der Waals surface area contributed by atoms with Gasteiger partial charge in [0, 0.05) is 38.0 Å². The van der Waals surface area contributed by atoms with Crippen LogP contribution in [0, 0.1) is 22.7 Å². The van der Waals surface area contributed by atoms with Crippen LogP contribution in [0.25, 0.3) is 10.2 Å². The van der Waals surface area contributed by atoms with Crippen LogP contribution in [0.4, 0.5) is 0 Å². The van der Waals surface area contributed by atoms with E-state index in [0.717, 1.165) is 27.5 Å². The minimum Gasteiger partial charge on any atom is -0.316 e. The number of carbonyl (C=O) groups is 1. The summed E-state index contributed by atoms with van der Waals surface area (Å²) >= 11 is 1.43. The molecule has 0 aliphatic heterocycles. The number of hydrogen-bond donors (Lipinski definition) is 0. The van der Waals surface area contributed by atoms with Crippen LogP contribution in [-0.2, 0) is 16.6 Å². The molecule has 0 saturated heterocycles. The molecule has 0 unspecified atom stereocenters. The second-order valence-electron chi connectivity index (χ2n) is 7.17. The van der Waals surface area contributed by atoms with E-state index < -0.39 is 15.9 Å². The summed E-state index contributed by atoms with van der Waals surface area (Å²) < 4.78 is 30.0. The Hall–Kier alpha value is -3.31. The van der Waals surface area contributed by atoms with E-state index in [1.54, 1.807) is 0 Å². The van der Waals surface area contributed by atoms with Crippen molar-refractivity contribution >= 4 is 37.5 Å². The third-order valence-corrected chi connectivity index (χ3v) is 7.89. The lowest BCUT2D eigenvalue weighted by atomic mass is 10.2. The van der Waals surface area contributed by atoms with Gasteiger partial charge in [-0.15, -0.1) is 0 Å². The minimum absolute atomic E-state index is 0.000105. The second-order valence-corrected chi connectivity index (χ2v) is 10.1. The fourth-order valence-electron chi connectivity index (χ4n) is 3.32. The fraction of sp³-hybridized carbons (Fsp3) is 0.304. The average molecular weight is 482 g/mol. The van der Waals surface area contributed by atoms with Crippen LogP contribution < -0.4 is 4.80 Å². The molecule has 0 aliphatic carbocycles. The first-order valence-electron chi connectivity index (χ1n) is 10.4. The zero-order chi connectivity index (χ0) is 23.8. The lowest BCUT2D eigenvalue weighted by Crippen LogP contribution is -2.32. The number of benzene rings is 2. The number of hydrogen-bond acceptors (Lipinski definition) is 6. The van der Waals surface area contributed by atoms with E-state index in [1.807, 2.05) is 41.0 Å². The van der Waals surface area contributed by atoms with Crippen molar-refractivity contribution in [2.24, 2.45) is 4.99 Å². The zero-order valence-corrected chi connectivity index (χ0v) is 19.8. The third-order valence-electron chi connectivity index (χ3n) is 4.92. The van der Waals surface area contributed by atoms with Gasteiger partial charge in [-0.05, 0) is 42.8 Å². The summed E-state index contributed by atoms with van der Waals surface area (Å²) in [6.45, 7) is 2.79. The van der Waals surface area contributed by atoms with Gasteiger partial charge in [-0.25, -0.2) is 8.42 Å². The molecule has 1 aromatic heterocycles. The molecular weight excluding hydrogens is 458 g/mol. The molecule has 10 heteroatoms. The Morgan fingerprint density at radius 2 is 1.70 bits per heavy atom. The van der Waals surface area contributed by atoms with E-state index in [0.29, 0.717) is 4.80 Å². The number of nitrogens with zero attached hydrogens (tertiary/aromatic N) is 5. The largest absolute Gasteiger partial charge is 0.316 e. The van der Waals surface area contributed by atoms with E-state index in [9.17, 15) is 13.2 Å². The topological polar surface area (TPSA) is 119 Å². The molecule has 1 heterocycles. The van der Waals surface area contributed by atoms with E-state index in [-0.39, 0.29) is 36.4 Å². The van der Waals surface area contributed by atoms with Crippen LogP contribution in [-0.4, -0.2) is 36.3 Å². The van der Waals surface area contributed by atoms with Crippen LogP contribution in [0.15, 0.2) is 58.4 Å². The molecule has 3 aromatic rings. The molecule has 1 amide bonds. The highest BCUT2D eigenvalue weighted by atomic mass is 32.2. The van der Waals surface area contributed by atoms with Gasteiger partial charge in [-0.2, -0.15) is 19.8 Å². The molecule has 0 radical (unpaired) electrons. The SMILES string of the molecule is CCCn1c(=NC(=O)c2ccc(S(=O)(=O)N(CCC#N)CCC#N)cc2)sc2ccccc21. The Morgan fingerprint density at radius 1 is 1.06 bits per heavy atom. The maximum atomic E-state index is 12.9. The number of sulfonamides is 1. The van der Waals surface area contributed by atoms with Crippen LogP contribution in [0.5, 0.6) is 0 Å². The summed E-state index contributed by atoms with van der Waals surface area (Å²) in [5.74, 6) is -0.457. The number of aromatic nitrogens is 1. The maximum Gasteiger partial charge on any atom is 0.279 e. The monoisotopic (exact) mass is 481 g/mol. The van der Waals surface area contributed by atoms with Crippen molar-refractivity contribution in [1.29, 1.82) is 10.5 Å². The van der Waals surface area contributed by atoms with Crippen molar-refractivity contribution < 1.29 is 13.2 Å². The van der Waals surface area contributed by atoms with E-state index in [4.69, 9.17) is 10.5 Å². The maximum absolute atomic E-state index is 12.9. The molecule has 0 fully saturated rings. The predicted molar refractivity (Wildman–Crippen MR) is 126 cm³/mol. The molecule has 0 N–H and O–H groups in total. The first-order chi connectivity index (χ1) is 15.9.